The quantitative estimate of drug-likeness (QED) is 0.887. The minimum Gasteiger partial charge on any atom is -0.493 e. The predicted molar refractivity (Wildman–Crippen MR) is 75.1 cm³/mol. The Balaban J connectivity index is 2.40. The van der Waals surface area contributed by atoms with Crippen LogP contribution in [0.4, 0.5) is 0 Å². The molecule has 0 bridgehead atoms. The van der Waals surface area contributed by atoms with E-state index in [4.69, 9.17) is 14.2 Å². The number of hydrogen-bond donors (Lipinski definition) is 1. The van der Waals surface area contributed by atoms with Crippen LogP contribution in [-0.2, 0) is 11.3 Å². The normalized spacial score (nSPS) is 19.2. The predicted octanol–water partition coefficient (Wildman–Crippen LogP) is 2.32. The molecule has 19 heavy (non-hydrogen) atoms. The van der Waals surface area contributed by atoms with Crippen LogP contribution in [-0.4, -0.2) is 34.4 Å². The van der Waals surface area contributed by atoms with Crippen molar-refractivity contribution in [2.24, 2.45) is 0 Å². The van der Waals surface area contributed by atoms with E-state index in [0.717, 1.165) is 30.2 Å². The minimum absolute atomic E-state index is 0.527. The third-order valence-electron chi connectivity index (χ3n) is 3.71. The van der Waals surface area contributed by atoms with Crippen LogP contribution in [0.15, 0.2) is 12.1 Å². The Kier molecular flexibility index (Phi) is 5.05. The lowest BCUT2D eigenvalue weighted by molar-refractivity contribution is 0.179. The second-order valence-electron chi connectivity index (χ2n) is 4.85. The molecule has 0 aromatic heterocycles. The molecule has 0 amide bonds. The maximum Gasteiger partial charge on any atom is 0.166 e. The van der Waals surface area contributed by atoms with Crippen molar-refractivity contribution < 1.29 is 14.2 Å². The van der Waals surface area contributed by atoms with Crippen LogP contribution in [0, 0.1) is 0 Å². The molecular weight excluding hydrogens is 242 g/mol. The largest absolute Gasteiger partial charge is 0.493 e. The van der Waals surface area contributed by atoms with Gasteiger partial charge in [0.05, 0.1) is 20.8 Å². The summed E-state index contributed by atoms with van der Waals surface area (Å²) in [5.74, 6) is 2.09. The van der Waals surface area contributed by atoms with Gasteiger partial charge in [0, 0.05) is 19.2 Å². The zero-order chi connectivity index (χ0) is 13.7. The third kappa shape index (κ3) is 3.01. The number of rotatable bonds is 5. The summed E-state index contributed by atoms with van der Waals surface area (Å²) in [5, 5.41) is 3.46. The second kappa shape index (κ2) is 6.78. The Morgan fingerprint density at radius 3 is 2.63 bits per heavy atom. The Morgan fingerprint density at radius 2 is 2.05 bits per heavy atom. The lowest BCUT2D eigenvalue weighted by atomic mass is 9.88. The number of hydrogen-bond acceptors (Lipinski definition) is 4. The second-order valence-corrected chi connectivity index (χ2v) is 4.85. The van der Waals surface area contributed by atoms with Gasteiger partial charge in [-0.1, -0.05) is 6.07 Å². The van der Waals surface area contributed by atoms with Gasteiger partial charge in [0.25, 0.3) is 0 Å². The minimum atomic E-state index is 0.527. The van der Waals surface area contributed by atoms with E-state index in [1.807, 2.05) is 6.07 Å². The lowest BCUT2D eigenvalue weighted by Crippen LogP contribution is -2.29. The maximum atomic E-state index is 5.53. The molecule has 2 rings (SSSR count). The van der Waals surface area contributed by atoms with Crippen molar-refractivity contribution >= 4 is 0 Å². The molecule has 106 valence electrons. The van der Waals surface area contributed by atoms with E-state index in [-0.39, 0.29) is 0 Å². The summed E-state index contributed by atoms with van der Waals surface area (Å²) in [6, 6.07) is 4.13. The molecule has 0 spiro atoms. The van der Waals surface area contributed by atoms with Crippen molar-refractivity contribution in [3.8, 4) is 11.5 Å². The van der Waals surface area contributed by atoms with Crippen LogP contribution in [0.3, 0.4) is 0 Å². The van der Waals surface area contributed by atoms with Crippen molar-refractivity contribution in [1.29, 1.82) is 0 Å². The molecule has 1 atom stereocenters. The van der Waals surface area contributed by atoms with Crippen LogP contribution in [0.25, 0.3) is 0 Å². The first-order valence-electron chi connectivity index (χ1n) is 6.75. The van der Waals surface area contributed by atoms with Crippen LogP contribution < -0.4 is 14.8 Å². The summed E-state index contributed by atoms with van der Waals surface area (Å²) in [4.78, 5) is 0. The van der Waals surface area contributed by atoms with Gasteiger partial charge in [0.15, 0.2) is 11.5 Å². The van der Waals surface area contributed by atoms with Gasteiger partial charge in [-0.25, -0.2) is 0 Å². The van der Waals surface area contributed by atoms with Crippen LogP contribution in [0.5, 0.6) is 11.5 Å². The van der Waals surface area contributed by atoms with E-state index < -0.39 is 0 Å². The monoisotopic (exact) mass is 265 g/mol. The molecule has 1 N–H and O–H groups in total. The fourth-order valence-electron chi connectivity index (χ4n) is 2.80. The number of benzene rings is 1. The van der Waals surface area contributed by atoms with Gasteiger partial charge in [-0.05, 0) is 36.9 Å². The summed E-state index contributed by atoms with van der Waals surface area (Å²) in [7, 11) is 5.05. The van der Waals surface area contributed by atoms with Crippen molar-refractivity contribution in [3.63, 3.8) is 0 Å². The molecule has 1 fully saturated rings. The number of piperidine rings is 1. The van der Waals surface area contributed by atoms with Gasteiger partial charge < -0.3 is 19.5 Å². The fourth-order valence-corrected chi connectivity index (χ4v) is 2.80. The summed E-state index contributed by atoms with van der Waals surface area (Å²) >= 11 is 0. The Hall–Kier alpha value is -1.26. The van der Waals surface area contributed by atoms with E-state index in [2.05, 4.69) is 11.4 Å². The van der Waals surface area contributed by atoms with Gasteiger partial charge in [0.1, 0.15) is 0 Å². The molecule has 4 nitrogen and oxygen atoms in total. The van der Waals surface area contributed by atoms with E-state index in [1.165, 1.54) is 18.4 Å². The molecule has 1 aliphatic rings. The Labute approximate surface area is 115 Å². The zero-order valence-corrected chi connectivity index (χ0v) is 12.0. The molecule has 1 aliphatic heterocycles. The zero-order valence-electron chi connectivity index (χ0n) is 12.0. The van der Waals surface area contributed by atoms with Gasteiger partial charge >= 0.3 is 0 Å². The van der Waals surface area contributed by atoms with E-state index >= 15 is 0 Å². The van der Waals surface area contributed by atoms with E-state index in [0.29, 0.717) is 12.5 Å². The molecule has 1 unspecified atom stereocenters. The molecule has 1 saturated heterocycles. The highest BCUT2D eigenvalue weighted by Crippen LogP contribution is 2.38. The van der Waals surface area contributed by atoms with E-state index in [9.17, 15) is 0 Å². The van der Waals surface area contributed by atoms with Crippen LogP contribution in [0.2, 0.25) is 0 Å². The fraction of sp³-hybridized carbons (Fsp3) is 0.600. The first-order valence-corrected chi connectivity index (χ1v) is 6.75. The van der Waals surface area contributed by atoms with Crippen LogP contribution in [0.1, 0.15) is 29.9 Å². The Morgan fingerprint density at radius 1 is 1.21 bits per heavy atom. The summed E-state index contributed by atoms with van der Waals surface area (Å²) in [6.07, 6.45) is 2.42. The van der Waals surface area contributed by atoms with Crippen molar-refractivity contribution in [2.45, 2.75) is 25.4 Å². The van der Waals surface area contributed by atoms with Crippen molar-refractivity contribution in [1.82, 2.24) is 5.32 Å². The molecule has 0 aliphatic carbocycles. The molecule has 0 saturated carbocycles. The van der Waals surface area contributed by atoms with Crippen LogP contribution >= 0.6 is 0 Å². The summed E-state index contributed by atoms with van der Waals surface area (Å²) < 4.78 is 16.2. The molecular formula is C15H23NO3. The van der Waals surface area contributed by atoms with Gasteiger partial charge in [-0.3, -0.25) is 0 Å². The summed E-state index contributed by atoms with van der Waals surface area (Å²) in [6.45, 7) is 2.68. The number of methoxy groups -OCH3 is 3. The molecule has 4 heteroatoms. The Bertz CT molecular complexity index is 414. The topological polar surface area (TPSA) is 39.7 Å². The highest BCUT2D eigenvalue weighted by Gasteiger charge is 2.22. The highest BCUT2D eigenvalue weighted by molar-refractivity contribution is 5.51. The van der Waals surface area contributed by atoms with Crippen molar-refractivity contribution in [3.05, 3.63) is 23.3 Å². The first kappa shape index (κ1) is 14.2. The van der Waals surface area contributed by atoms with Crippen molar-refractivity contribution in [2.75, 3.05) is 34.4 Å². The smallest absolute Gasteiger partial charge is 0.166 e. The standard InChI is InChI=1S/C15H23NO3/c1-17-10-13-12(11-5-4-8-16-9-11)6-7-14(18-2)15(13)19-3/h6-7,11,16H,4-5,8-10H2,1-3H3. The average Bonchev–Trinajstić information content (AvgIpc) is 2.48. The van der Waals surface area contributed by atoms with Gasteiger partial charge in [0.2, 0.25) is 0 Å². The number of nitrogens with one attached hydrogen (secondary N) is 1. The molecule has 0 radical (unpaired) electrons. The summed E-state index contributed by atoms with van der Waals surface area (Å²) in [5.41, 5.74) is 2.42. The van der Waals surface area contributed by atoms with Gasteiger partial charge in [-0.2, -0.15) is 0 Å². The van der Waals surface area contributed by atoms with Gasteiger partial charge in [-0.15, -0.1) is 0 Å². The third-order valence-corrected chi connectivity index (χ3v) is 3.71. The highest BCUT2D eigenvalue weighted by atomic mass is 16.5. The number of ether oxygens (including phenoxy) is 3. The maximum absolute atomic E-state index is 5.53. The average molecular weight is 265 g/mol. The molecule has 1 aromatic carbocycles. The lowest BCUT2D eigenvalue weighted by Gasteiger charge is -2.26. The molecule has 1 heterocycles. The SMILES string of the molecule is COCc1c(C2CCCNC2)ccc(OC)c1OC. The molecule has 1 aromatic rings. The van der Waals surface area contributed by atoms with E-state index in [1.54, 1.807) is 21.3 Å². The first-order chi connectivity index (χ1) is 9.31.